The monoisotopic (exact) mass is 310 g/mol. The van der Waals surface area contributed by atoms with E-state index < -0.39 is 10.5 Å². The Morgan fingerprint density at radius 1 is 1.33 bits per heavy atom. The van der Waals surface area contributed by atoms with E-state index >= 15 is 0 Å². The van der Waals surface area contributed by atoms with Crippen LogP contribution in [0.2, 0.25) is 0 Å². The second-order valence-electron chi connectivity index (χ2n) is 5.23. The largest absolute Gasteiger partial charge is 0.394 e. The molecule has 1 aliphatic carbocycles. The van der Waals surface area contributed by atoms with Gasteiger partial charge in [0.1, 0.15) is 0 Å². The summed E-state index contributed by atoms with van der Waals surface area (Å²) in [6.45, 7) is -0.0268. The van der Waals surface area contributed by atoms with Crippen LogP contribution in [-0.2, 0) is 4.79 Å². The lowest BCUT2D eigenvalue weighted by Gasteiger charge is -2.27. The van der Waals surface area contributed by atoms with Crippen LogP contribution in [0.3, 0.4) is 0 Å². The Morgan fingerprint density at radius 2 is 1.95 bits per heavy atom. The summed E-state index contributed by atoms with van der Waals surface area (Å²) in [7, 11) is 0. The number of nitrogens with one attached hydrogen (secondary N) is 1. The van der Waals surface area contributed by atoms with Gasteiger partial charge in [0.05, 0.1) is 22.8 Å². The van der Waals surface area contributed by atoms with E-state index in [0.29, 0.717) is 0 Å². The van der Waals surface area contributed by atoms with Crippen LogP contribution in [0.15, 0.2) is 29.2 Å². The minimum atomic E-state index is -0.452. The smallest absolute Gasteiger partial charge is 0.269 e. The molecule has 1 aromatic rings. The molecule has 0 aromatic heterocycles. The van der Waals surface area contributed by atoms with Gasteiger partial charge in [0, 0.05) is 17.0 Å². The molecule has 0 saturated heterocycles. The molecule has 0 unspecified atom stereocenters. The van der Waals surface area contributed by atoms with Crippen LogP contribution in [-0.4, -0.2) is 33.8 Å². The van der Waals surface area contributed by atoms with Gasteiger partial charge in [0.25, 0.3) is 5.69 Å². The zero-order valence-electron chi connectivity index (χ0n) is 11.6. The van der Waals surface area contributed by atoms with E-state index in [4.69, 9.17) is 0 Å². The van der Waals surface area contributed by atoms with E-state index in [9.17, 15) is 20.0 Å². The number of carbonyl (C=O) groups excluding carboxylic acids is 1. The summed E-state index contributed by atoms with van der Waals surface area (Å²) in [4.78, 5) is 22.9. The Kier molecular flexibility index (Phi) is 5.19. The highest BCUT2D eigenvalue weighted by atomic mass is 32.2. The number of hydrogen-bond donors (Lipinski definition) is 2. The van der Waals surface area contributed by atoms with Crippen molar-refractivity contribution in [3.8, 4) is 0 Å². The normalized spacial score (nSPS) is 16.6. The average Bonchev–Trinajstić information content (AvgIpc) is 2.94. The van der Waals surface area contributed by atoms with E-state index in [1.54, 1.807) is 12.1 Å². The van der Waals surface area contributed by atoms with Crippen LogP contribution in [0.5, 0.6) is 0 Å². The molecule has 1 saturated carbocycles. The Bertz CT molecular complexity index is 512. The molecule has 1 amide bonds. The van der Waals surface area contributed by atoms with Crippen molar-refractivity contribution in [2.45, 2.75) is 36.1 Å². The first kappa shape index (κ1) is 15.8. The number of thioether (sulfide) groups is 1. The molecule has 0 heterocycles. The number of benzene rings is 1. The molecular formula is C14H18N2O4S. The third-order valence-electron chi connectivity index (χ3n) is 3.69. The number of nitro benzene ring substituents is 1. The van der Waals surface area contributed by atoms with Gasteiger partial charge in [-0.25, -0.2) is 0 Å². The highest BCUT2D eigenvalue weighted by molar-refractivity contribution is 8.00. The SMILES string of the molecule is O=C(CSc1ccc([N+](=O)[O-])cc1)NC1(CO)CCCC1. The second-order valence-corrected chi connectivity index (χ2v) is 6.28. The summed E-state index contributed by atoms with van der Waals surface area (Å²) < 4.78 is 0. The maximum atomic E-state index is 12.0. The van der Waals surface area contributed by atoms with Crippen molar-refractivity contribution in [2.75, 3.05) is 12.4 Å². The van der Waals surface area contributed by atoms with Gasteiger partial charge in [-0.1, -0.05) is 12.8 Å². The predicted octanol–water partition coefficient (Wildman–Crippen LogP) is 2.11. The number of aliphatic hydroxyl groups is 1. The summed E-state index contributed by atoms with van der Waals surface area (Å²) in [6.07, 6.45) is 3.68. The molecule has 6 nitrogen and oxygen atoms in total. The Balaban J connectivity index is 1.84. The zero-order chi connectivity index (χ0) is 15.3. The first-order chi connectivity index (χ1) is 10.0. The molecule has 1 aromatic carbocycles. The molecule has 0 atom stereocenters. The van der Waals surface area contributed by atoms with Gasteiger partial charge in [0.15, 0.2) is 0 Å². The fourth-order valence-corrected chi connectivity index (χ4v) is 3.22. The van der Waals surface area contributed by atoms with E-state index in [2.05, 4.69) is 5.32 Å². The molecule has 2 N–H and O–H groups in total. The molecule has 7 heteroatoms. The first-order valence-corrected chi connectivity index (χ1v) is 7.82. The summed E-state index contributed by atoms with van der Waals surface area (Å²) in [5.74, 6) is 0.119. The third kappa shape index (κ3) is 4.18. The van der Waals surface area contributed by atoms with Gasteiger partial charge in [-0.15, -0.1) is 11.8 Å². The molecule has 0 spiro atoms. The van der Waals surface area contributed by atoms with Crippen LogP contribution >= 0.6 is 11.8 Å². The summed E-state index contributed by atoms with van der Waals surface area (Å²) in [6, 6.07) is 6.11. The van der Waals surface area contributed by atoms with Gasteiger partial charge >= 0.3 is 0 Å². The molecule has 114 valence electrons. The van der Waals surface area contributed by atoms with Crippen molar-refractivity contribution in [3.63, 3.8) is 0 Å². The number of aliphatic hydroxyl groups excluding tert-OH is 1. The van der Waals surface area contributed by atoms with Gasteiger partial charge in [-0.2, -0.15) is 0 Å². The number of non-ortho nitro benzene ring substituents is 1. The third-order valence-corrected chi connectivity index (χ3v) is 4.70. The van der Waals surface area contributed by atoms with Crippen molar-refractivity contribution in [1.82, 2.24) is 5.32 Å². The number of nitrogens with zero attached hydrogens (tertiary/aromatic N) is 1. The first-order valence-electron chi connectivity index (χ1n) is 6.84. The summed E-state index contributed by atoms with van der Waals surface area (Å²) >= 11 is 1.33. The topological polar surface area (TPSA) is 92.5 Å². The molecule has 2 rings (SSSR count). The van der Waals surface area contributed by atoms with Crippen LogP contribution in [0, 0.1) is 10.1 Å². The molecule has 0 aliphatic heterocycles. The van der Waals surface area contributed by atoms with E-state index in [1.807, 2.05) is 0 Å². The number of nitro groups is 1. The Labute approximate surface area is 127 Å². The van der Waals surface area contributed by atoms with E-state index in [0.717, 1.165) is 30.6 Å². The molecule has 0 bridgehead atoms. The van der Waals surface area contributed by atoms with Gasteiger partial charge in [-0.3, -0.25) is 14.9 Å². The Morgan fingerprint density at radius 3 is 2.48 bits per heavy atom. The van der Waals surface area contributed by atoms with Crippen molar-refractivity contribution >= 4 is 23.4 Å². The van der Waals surface area contributed by atoms with Gasteiger partial charge < -0.3 is 10.4 Å². The lowest BCUT2D eigenvalue weighted by atomic mass is 9.99. The van der Waals surface area contributed by atoms with Crippen LogP contribution in [0.25, 0.3) is 0 Å². The lowest BCUT2D eigenvalue weighted by molar-refractivity contribution is -0.384. The number of amides is 1. The van der Waals surface area contributed by atoms with Crippen molar-refractivity contribution < 1.29 is 14.8 Å². The number of hydrogen-bond acceptors (Lipinski definition) is 5. The zero-order valence-corrected chi connectivity index (χ0v) is 12.4. The number of carbonyl (C=O) groups is 1. The maximum Gasteiger partial charge on any atom is 0.269 e. The standard InChI is InChI=1S/C14H18N2O4S/c17-10-14(7-1-2-8-14)15-13(18)9-21-12-5-3-11(4-6-12)16(19)20/h3-6,17H,1-2,7-10H2,(H,15,18). The predicted molar refractivity (Wildman–Crippen MR) is 80.2 cm³/mol. The Hall–Kier alpha value is -1.60. The molecular weight excluding hydrogens is 292 g/mol. The quantitative estimate of drug-likeness (QED) is 0.477. The number of rotatable bonds is 6. The van der Waals surface area contributed by atoms with Gasteiger partial charge in [0.2, 0.25) is 5.91 Å². The second kappa shape index (κ2) is 6.91. The average molecular weight is 310 g/mol. The van der Waals surface area contributed by atoms with E-state index in [1.165, 1.54) is 23.9 Å². The molecule has 0 radical (unpaired) electrons. The summed E-state index contributed by atoms with van der Waals surface area (Å²) in [5, 5.41) is 22.9. The van der Waals surface area contributed by atoms with Crippen molar-refractivity contribution in [1.29, 1.82) is 0 Å². The van der Waals surface area contributed by atoms with Crippen LogP contribution in [0.1, 0.15) is 25.7 Å². The van der Waals surface area contributed by atoms with Crippen molar-refractivity contribution in [2.24, 2.45) is 0 Å². The minimum Gasteiger partial charge on any atom is -0.394 e. The minimum absolute atomic E-state index is 0.0268. The summed E-state index contributed by atoms with van der Waals surface area (Å²) in [5.41, 5.74) is -0.415. The molecule has 1 fully saturated rings. The fourth-order valence-electron chi connectivity index (χ4n) is 2.52. The highest BCUT2D eigenvalue weighted by Gasteiger charge is 2.34. The van der Waals surface area contributed by atoms with Gasteiger partial charge in [-0.05, 0) is 25.0 Å². The van der Waals surface area contributed by atoms with Crippen molar-refractivity contribution in [3.05, 3.63) is 34.4 Å². The fraction of sp³-hybridized carbons (Fsp3) is 0.500. The van der Waals surface area contributed by atoms with Crippen LogP contribution < -0.4 is 5.32 Å². The highest BCUT2D eigenvalue weighted by Crippen LogP contribution is 2.29. The maximum absolute atomic E-state index is 12.0. The molecule has 1 aliphatic rings. The van der Waals surface area contributed by atoms with Crippen LogP contribution in [0.4, 0.5) is 5.69 Å². The van der Waals surface area contributed by atoms with E-state index in [-0.39, 0.29) is 24.0 Å². The molecule has 21 heavy (non-hydrogen) atoms. The lowest BCUT2D eigenvalue weighted by Crippen LogP contribution is -2.49.